The number of carbonyl (C=O) groups excluding carboxylic acids is 4. The van der Waals surface area contributed by atoms with Gasteiger partial charge in [-0.05, 0) is 72.2 Å². The highest BCUT2D eigenvalue weighted by atomic mass is 16.2. The molecule has 38 heavy (non-hydrogen) atoms. The second kappa shape index (κ2) is 8.62. The van der Waals surface area contributed by atoms with Crippen molar-refractivity contribution in [1.29, 1.82) is 0 Å². The molecule has 0 N–H and O–H groups in total. The van der Waals surface area contributed by atoms with Gasteiger partial charge in [-0.2, -0.15) is 0 Å². The molecule has 6 heteroatoms. The topological polar surface area (TPSA) is 74.8 Å². The summed E-state index contributed by atoms with van der Waals surface area (Å²) < 4.78 is 0. The molecule has 0 radical (unpaired) electrons. The summed E-state index contributed by atoms with van der Waals surface area (Å²) in [6, 6.07) is 18.3. The molecule has 2 aliphatic heterocycles. The molecule has 3 aliphatic carbocycles. The molecule has 188 valence electrons. The molecule has 2 fully saturated rings. The number of amides is 4. The minimum absolute atomic E-state index is 0.131. The van der Waals surface area contributed by atoms with Gasteiger partial charge in [0.1, 0.15) is 0 Å². The summed E-state index contributed by atoms with van der Waals surface area (Å²) in [5.74, 6) is -1.98. The number of rotatable bonds is 2. The summed E-state index contributed by atoms with van der Waals surface area (Å²) in [5, 5.41) is 0. The molecule has 2 saturated heterocycles. The zero-order chi connectivity index (χ0) is 26.0. The Morgan fingerprint density at radius 3 is 0.947 bits per heavy atom. The molecule has 2 aromatic carbocycles. The molecule has 4 amide bonds. The van der Waals surface area contributed by atoms with Gasteiger partial charge in [-0.15, -0.1) is 0 Å². The Morgan fingerprint density at radius 1 is 0.421 bits per heavy atom. The van der Waals surface area contributed by atoms with Crippen LogP contribution in [0.4, 0.5) is 11.4 Å². The lowest BCUT2D eigenvalue weighted by Crippen LogP contribution is -2.30. The van der Waals surface area contributed by atoms with Crippen molar-refractivity contribution in [2.45, 2.75) is 25.7 Å². The van der Waals surface area contributed by atoms with Crippen molar-refractivity contribution >= 4 is 35.0 Å². The second-order valence-corrected chi connectivity index (χ2v) is 10.7. The van der Waals surface area contributed by atoms with Crippen molar-refractivity contribution in [3.63, 3.8) is 0 Å². The summed E-state index contributed by atoms with van der Waals surface area (Å²) in [5.41, 5.74) is 5.49. The first-order valence-corrected chi connectivity index (χ1v) is 13.2. The number of benzene rings is 2. The van der Waals surface area contributed by atoms with Crippen molar-refractivity contribution < 1.29 is 19.2 Å². The van der Waals surface area contributed by atoms with Crippen molar-refractivity contribution in [2.24, 2.45) is 23.7 Å². The number of hydrogen-bond acceptors (Lipinski definition) is 4. The van der Waals surface area contributed by atoms with Crippen LogP contribution in [-0.2, 0) is 19.2 Å². The molecule has 0 unspecified atom stereocenters. The Morgan fingerprint density at radius 2 is 0.684 bits per heavy atom. The minimum atomic E-state index is -0.364. The summed E-state index contributed by atoms with van der Waals surface area (Å²) in [6.07, 6.45) is 10.3. The van der Waals surface area contributed by atoms with Gasteiger partial charge in [0, 0.05) is 0 Å². The van der Waals surface area contributed by atoms with Crippen LogP contribution < -0.4 is 9.80 Å². The monoisotopic (exact) mass is 502 g/mol. The molecule has 4 atom stereocenters. The first-order valence-electron chi connectivity index (χ1n) is 13.2. The Balaban J connectivity index is 1.14. The number of carbonyl (C=O) groups is 4. The van der Waals surface area contributed by atoms with E-state index in [0.717, 1.165) is 22.3 Å². The van der Waals surface area contributed by atoms with Crippen molar-refractivity contribution in [3.8, 4) is 0 Å². The lowest BCUT2D eigenvalue weighted by molar-refractivity contribution is -0.124. The SMILES string of the molecule is O=C1[C@H]2CC3=C(/C=C\C4=C(/C=C\3)C[C@@H]3C(=O)N(c5ccccc5)C(=O)[C@@H]3C4)C[C@H]2C(=O)N1c1ccccc1. The minimum Gasteiger partial charge on any atom is -0.274 e. The van der Waals surface area contributed by atoms with Crippen LogP contribution in [0.15, 0.2) is 107 Å². The number of nitrogens with zero attached hydrogens (tertiary/aromatic N) is 2. The van der Waals surface area contributed by atoms with E-state index < -0.39 is 0 Å². The quantitative estimate of drug-likeness (QED) is 0.548. The molecule has 5 aliphatic rings. The molecule has 7 rings (SSSR count). The first kappa shape index (κ1) is 22.8. The van der Waals surface area contributed by atoms with E-state index in [-0.39, 0.29) is 47.3 Å². The maximum absolute atomic E-state index is 13.3. The maximum Gasteiger partial charge on any atom is 0.238 e. The first-order chi connectivity index (χ1) is 18.5. The molecule has 0 aromatic heterocycles. The number of para-hydroxylation sites is 2. The molecule has 2 heterocycles. The Hall–Kier alpha value is -4.32. The lowest BCUT2D eigenvalue weighted by atomic mass is 9.73. The highest BCUT2D eigenvalue weighted by Crippen LogP contribution is 2.47. The van der Waals surface area contributed by atoms with Crippen molar-refractivity contribution in [3.05, 3.63) is 107 Å². The van der Waals surface area contributed by atoms with Crippen LogP contribution in [-0.4, -0.2) is 23.6 Å². The smallest absolute Gasteiger partial charge is 0.238 e. The van der Waals surface area contributed by atoms with Gasteiger partial charge in [0.25, 0.3) is 0 Å². The van der Waals surface area contributed by atoms with Crippen LogP contribution in [0.2, 0.25) is 0 Å². The molecule has 0 saturated carbocycles. The van der Waals surface area contributed by atoms with E-state index in [0.29, 0.717) is 37.1 Å². The average molecular weight is 503 g/mol. The fraction of sp³-hybridized carbons (Fsp3) is 0.250. The predicted molar refractivity (Wildman–Crippen MR) is 143 cm³/mol. The average Bonchev–Trinajstić information content (AvgIpc) is 3.32. The fourth-order valence-electron chi connectivity index (χ4n) is 6.73. The van der Waals surface area contributed by atoms with E-state index in [4.69, 9.17) is 0 Å². The van der Waals surface area contributed by atoms with Gasteiger partial charge in [0.2, 0.25) is 23.6 Å². The van der Waals surface area contributed by atoms with Gasteiger partial charge in [-0.25, -0.2) is 0 Å². The van der Waals surface area contributed by atoms with Crippen LogP contribution in [0.1, 0.15) is 25.7 Å². The van der Waals surface area contributed by atoms with E-state index in [1.165, 1.54) is 9.80 Å². The summed E-state index contributed by atoms with van der Waals surface area (Å²) in [4.78, 5) is 55.9. The zero-order valence-corrected chi connectivity index (χ0v) is 20.7. The molecule has 6 nitrogen and oxygen atoms in total. The molecule has 2 aromatic rings. The van der Waals surface area contributed by atoms with Crippen LogP contribution in [0.5, 0.6) is 0 Å². The molecular formula is C32H26N2O4. The van der Waals surface area contributed by atoms with Crippen molar-refractivity contribution in [1.82, 2.24) is 0 Å². The van der Waals surface area contributed by atoms with Gasteiger partial charge >= 0.3 is 0 Å². The lowest BCUT2D eigenvalue weighted by Gasteiger charge is -2.28. The number of anilines is 2. The van der Waals surface area contributed by atoms with Crippen LogP contribution in [0.25, 0.3) is 0 Å². The van der Waals surface area contributed by atoms with E-state index in [1.807, 2.05) is 36.4 Å². The normalized spacial score (nSPS) is 30.0. The van der Waals surface area contributed by atoms with Crippen LogP contribution in [0, 0.1) is 23.7 Å². The van der Waals surface area contributed by atoms with Crippen LogP contribution in [0.3, 0.4) is 0 Å². The third-order valence-corrected chi connectivity index (χ3v) is 8.71. The van der Waals surface area contributed by atoms with Gasteiger partial charge in [-0.3, -0.25) is 29.0 Å². The van der Waals surface area contributed by atoms with Gasteiger partial charge < -0.3 is 0 Å². The number of imide groups is 2. The largest absolute Gasteiger partial charge is 0.274 e. The van der Waals surface area contributed by atoms with E-state index in [1.54, 1.807) is 24.3 Å². The second-order valence-electron chi connectivity index (χ2n) is 10.7. The Labute approximate surface area is 220 Å². The highest BCUT2D eigenvalue weighted by molar-refractivity contribution is 6.23. The van der Waals surface area contributed by atoms with E-state index >= 15 is 0 Å². The number of fused-ring (bicyclic) bond motifs is 2. The Bertz CT molecular complexity index is 1330. The van der Waals surface area contributed by atoms with E-state index in [9.17, 15) is 19.2 Å². The fourth-order valence-corrected chi connectivity index (χ4v) is 6.73. The molecule has 0 spiro atoms. The number of allylic oxidation sites excluding steroid dienone is 8. The Kier molecular flexibility index (Phi) is 5.18. The summed E-state index contributed by atoms with van der Waals surface area (Å²) in [7, 11) is 0. The van der Waals surface area contributed by atoms with Gasteiger partial charge in [0.05, 0.1) is 35.0 Å². The number of hydrogen-bond donors (Lipinski definition) is 0. The van der Waals surface area contributed by atoms with Gasteiger partial charge in [-0.1, -0.05) is 60.7 Å². The highest BCUT2D eigenvalue weighted by Gasteiger charge is 2.51. The molecular weight excluding hydrogens is 476 g/mol. The van der Waals surface area contributed by atoms with E-state index in [2.05, 4.69) is 24.3 Å². The van der Waals surface area contributed by atoms with Crippen LogP contribution >= 0.6 is 0 Å². The van der Waals surface area contributed by atoms with Crippen molar-refractivity contribution in [2.75, 3.05) is 9.80 Å². The predicted octanol–water partition coefficient (Wildman–Crippen LogP) is 4.90. The molecule has 0 bridgehead atoms. The zero-order valence-electron chi connectivity index (χ0n) is 20.7. The third-order valence-electron chi connectivity index (χ3n) is 8.71. The third kappa shape index (κ3) is 3.40. The maximum atomic E-state index is 13.3. The summed E-state index contributed by atoms with van der Waals surface area (Å²) >= 11 is 0. The standard InChI is InChI=1S/C32H26N2O4/c35-29-25-15-19-11-13-21-17-27-28(32(38)34(31(27)37)24-9-5-2-6-10-24)18-22(21)14-12-20(19)16-26(25)30(36)33(29)23-7-3-1-4-8-23/h1-14,25-28H,15-18H2/b13-11-,14-12-,19-11?,20-12?,21-13?,22-14?/t25-,26+,27-,28+. The summed E-state index contributed by atoms with van der Waals surface area (Å²) in [6.45, 7) is 0. The van der Waals surface area contributed by atoms with Gasteiger partial charge in [0.15, 0.2) is 0 Å².